The van der Waals surface area contributed by atoms with Gasteiger partial charge in [0.1, 0.15) is 0 Å². The summed E-state index contributed by atoms with van der Waals surface area (Å²) in [5.41, 5.74) is 4.92. The summed E-state index contributed by atoms with van der Waals surface area (Å²) >= 11 is 0. The molecule has 88 valence electrons. The fourth-order valence-corrected chi connectivity index (χ4v) is 2.51. The highest BCUT2D eigenvalue weighted by atomic mass is 15.5. The van der Waals surface area contributed by atoms with Gasteiger partial charge in [0.2, 0.25) is 0 Å². The van der Waals surface area contributed by atoms with Crippen LogP contribution in [0.15, 0.2) is 30.3 Å². The van der Waals surface area contributed by atoms with E-state index in [0.717, 1.165) is 6.54 Å². The van der Waals surface area contributed by atoms with Gasteiger partial charge in [-0.1, -0.05) is 36.8 Å². The first-order valence-corrected chi connectivity index (χ1v) is 6.33. The molecule has 1 aliphatic heterocycles. The molecule has 0 aliphatic carbocycles. The van der Waals surface area contributed by atoms with Crippen LogP contribution in [0.4, 0.5) is 0 Å². The molecule has 16 heavy (non-hydrogen) atoms. The minimum atomic E-state index is 0.660. The molecule has 1 N–H and O–H groups in total. The smallest absolute Gasteiger partial charge is 0.0353 e. The molecule has 0 aromatic heterocycles. The number of nitrogens with one attached hydrogen (secondary N) is 1. The largest absolute Gasteiger partial charge is 0.250 e. The van der Waals surface area contributed by atoms with Gasteiger partial charge in [0.05, 0.1) is 0 Å². The molecule has 1 saturated heterocycles. The van der Waals surface area contributed by atoms with Gasteiger partial charge in [0.25, 0.3) is 0 Å². The molecule has 1 aromatic rings. The van der Waals surface area contributed by atoms with Crippen LogP contribution in [0.1, 0.15) is 38.7 Å². The van der Waals surface area contributed by atoms with Crippen molar-refractivity contribution in [3.8, 4) is 0 Å². The number of rotatable bonds is 3. The topological polar surface area (TPSA) is 15.3 Å². The lowest BCUT2D eigenvalue weighted by Crippen LogP contribution is -2.51. The number of hydrazine groups is 1. The van der Waals surface area contributed by atoms with Gasteiger partial charge in [0, 0.05) is 18.6 Å². The Kier molecular flexibility index (Phi) is 3.97. The first-order valence-electron chi connectivity index (χ1n) is 6.33. The van der Waals surface area contributed by atoms with E-state index in [0.29, 0.717) is 12.1 Å². The highest BCUT2D eigenvalue weighted by Crippen LogP contribution is 2.20. The Balaban J connectivity index is 1.89. The third-order valence-corrected chi connectivity index (χ3v) is 3.50. The Morgan fingerprint density at radius 1 is 1.12 bits per heavy atom. The van der Waals surface area contributed by atoms with Crippen LogP contribution in [-0.2, 0) is 6.54 Å². The second-order valence-electron chi connectivity index (χ2n) is 4.86. The van der Waals surface area contributed by atoms with Crippen LogP contribution in [0, 0.1) is 0 Å². The van der Waals surface area contributed by atoms with Crippen molar-refractivity contribution in [1.29, 1.82) is 0 Å². The van der Waals surface area contributed by atoms with E-state index >= 15 is 0 Å². The molecule has 2 nitrogen and oxygen atoms in total. The van der Waals surface area contributed by atoms with Gasteiger partial charge in [0.15, 0.2) is 0 Å². The van der Waals surface area contributed by atoms with Gasteiger partial charge < -0.3 is 0 Å². The lowest BCUT2D eigenvalue weighted by Gasteiger charge is -2.39. The van der Waals surface area contributed by atoms with E-state index in [2.05, 4.69) is 54.6 Å². The summed E-state index contributed by atoms with van der Waals surface area (Å²) in [6.45, 7) is 5.57. The minimum Gasteiger partial charge on any atom is -0.250 e. The van der Waals surface area contributed by atoms with E-state index in [4.69, 9.17) is 0 Å². The molecule has 1 fully saturated rings. The highest BCUT2D eigenvalue weighted by Gasteiger charge is 2.23. The quantitative estimate of drug-likeness (QED) is 0.839. The van der Waals surface area contributed by atoms with Crippen molar-refractivity contribution in [3.05, 3.63) is 35.9 Å². The van der Waals surface area contributed by atoms with Crippen LogP contribution in [-0.4, -0.2) is 17.1 Å². The van der Waals surface area contributed by atoms with Crippen molar-refractivity contribution in [2.45, 2.75) is 51.7 Å². The van der Waals surface area contributed by atoms with Crippen LogP contribution >= 0.6 is 0 Å². The number of hydrogen-bond acceptors (Lipinski definition) is 2. The van der Waals surface area contributed by atoms with Crippen LogP contribution in [0.2, 0.25) is 0 Å². The minimum absolute atomic E-state index is 0.660. The number of hydrogen-bond donors (Lipinski definition) is 1. The maximum atomic E-state index is 3.57. The summed E-state index contributed by atoms with van der Waals surface area (Å²) in [6.07, 6.45) is 3.99. The molecular formula is C14H22N2. The maximum absolute atomic E-state index is 3.57. The standard InChI is InChI=1S/C14H22N2/c1-12-7-6-8-13(2)16(12)15-11-14-9-4-3-5-10-14/h3-5,9-10,12-13,15H,6-8,11H2,1-2H3. The van der Waals surface area contributed by atoms with Crippen LogP contribution in [0.5, 0.6) is 0 Å². The Bertz CT molecular complexity index is 300. The zero-order valence-corrected chi connectivity index (χ0v) is 10.3. The van der Waals surface area contributed by atoms with Gasteiger partial charge in [-0.25, -0.2) is 5.01 Å². The number of nitrogens with zero attached hydrogens (tertiary/aromatic N) is 1. The molecule has 0 bridgehead atoms. The molecule has 0 spiro atoms. The van der Waals surface area contributed by atoms with E-state index in [-0.39, 0.29) is 0 Å². The Labute approximate surface area is 98.6 Å². The second kappa shape index (κ2) is 5.46. The number of benzene rings is 1. The summed E-state index contributed by atoms with van der Waals surface area (Å²) in [4.78, 5) is 0. The van der Waals surface area contributed by atoms with Crippen LogP contribution in [0.25, 0.3) is 0 Å². The lowest BCUT2D eigenvalue weighted by molar-refractivity contribution is 0.0435. The van der Waals surface area contributed by atoms with Crippen molar-refractivity contribution >= 4 is 0 Å². The van der Waals surface area contributed by atoms with E-state index in [9.17, 15) is 0 Å². The predicted molar refractivity (Wildman–Crippen MR) is 67.9 cm³/mol. The third kappa shape index (κ3) is 2.83. The first-order chi connectivity index (χ1) is 7.77. The highest BCUT2D eigenvalue weighted by molar-refractivity contribution is 5.14. The average molecular weight is 218 g/mol. The zero-order valence-electron chi connectivity index (χ0n) is 10.3. The Morgan fingerprint density at radius 3 is 2.38 bits per heavy atom. The van der Waals surface area contributed by atoms with Crippen molar-refractivity contribution in [1.82, 2.24) is 10.4 Å². The summed E-state index contributed by atoms with van der Waals surface area (Å²) in [5, 5.41) is 2.43. The molecule has 2 rings (SSSR count). The lowest BCUT2D eigenvalue weighted by atomic mass is 10.00. The molecule has 2 unspecified atom stereocenters. The van der Waals surface area contributed by atoms with Crippen LogP contribution in [0.3, 0.4) is 0 Å². The monoisotopic (exact) mass is 218 g/mol. The van der Waals surface area contributed by atoms with Crippen molar-refractivity contribution in [2.24, 2.45) is 0 Å². The SMILES string of the molecule is CC1CCCC(C)N1NCc1ccccc1. The Morgan fingerprint density at radius 2 is 1.75 bits per heavy atom. The molecule has 1 aromatic carbocycles. The van der Waals surface area contributed by atoms with E-state index in [1.165, 1.54) is 24.8 Å². The van der Waals surface area contributed by atoms with E-state index in [1.54, 1.807) is 0 Å². The average Bonchev–Trinajstić information content (AvgIpc) is 2.30. The van der Waals surface area contributed by atoms with E-state index < -0.39 is 0 Å². The molecule has 1 heterocycles. The molecule has 0 saturated carbocycles. The molecule has 0 amide bonds. The molecule has 0 radical (unpaired) electrons. The maximum Gasteiger partial charge on any atom is 0.0353 e. The van der Waals surface area contributed by atoms with Gasteiger partial charge >= 0.3 is 0 Å². The summed E-state index contributed by atoms with van der Waals surface area (Å²) in [7, 11) is 0. The molecule has 2 atom stereocenters. The third-order valence-electron chi connectivity index (χ3n) is 3.50. The Hall–Kier alpha value is -0.860. The first kappa shape index (κ1) is 11.6. The summed E-state index contributed by atoms with van der Waals surface area (Å²) in [5.74, 6) is 0. The van der Waals surface area contributed by atoms with Crippen molar-refractivity contribution < 1.29 is 0 Å². The molecule has 2 heteroatoms. The fourth-order valence-electron chi connectivity index (χ4n) is 2.51. The van der Waals surface area contributed by atoms with E-state index in [1.807, 2.05) is 0 Å². The zero-order chi connectivity index (χ0) is 11.4. The second-order valence-corrected chi connectivity index (χ2v) is 4.86. The van der Waals surface area contributed by atoms with Crippen LogP contribution < -0.4 is 5.43 Å². The normalized spacial score (nSPS) is 26.9. The summed E-state index contributed by atoms with van der Waals surface area (Å²) in [6, 6.07) is 11.9. The molecular weight excluding hydrogens is 196 g/mol. The molecule has 1 aliphatic rings. The van der Waals surface area contributed by atoms with Gasteiger partial charge in [-0.15, -0.1) is 0 Å². The van der Waals surface area contributed by atoms with Gasteiger partial charge in [-0.3, -0.25) is 5.43 Å². The summed E-state index contributed by atoms with van der Waals surface area (Å²) < 4.78 is 0. The van der Waals surface area contributed by atoms with Crippen molar-refractivity contribution in [2.75, 3.05) is 0 Å². The van der Waals surface area contributed by atoms with Gasteiger partial charge in [-0.2, -0.15) is 0 Å². The van der Waals surface area contributed by atoms with Gasteiger partial charge in [-0.05, 0) is 32.3 Å². The number of piperidine rings is 1. The predicted octanol–water partition coefficient (Wildman–Crippen LogP) is 2.95. The fraction of sp³-hybridized carbons (Fsp3) is 0.571. The van der Waals surface area contributed by atoms with Crippen molar-refractivity contribution in [3.63, 3.8) is 0 Å².